The van der Waals surface area contributed by atoms with Crippen LogP contribution in [0, 0.1) is 0 Å². The Morgan fingerprint density at radius 2 is 2.07 bits per heavy atom. The monoisotopic (exact) mass is 254 g/mol. The lowest BCUT2D eigenvalue weighted by atomic mass is 10.1. The van der Waals surface area contributed by atoms with E-state index in [1.54, 1.807) is 0 Å². The van der Waals surface area contributed by atoms with Crippen LogP contribution in [0.1, 0.15) is 24.8 Å². The van der Waals surface area contributed by atoms with E-state index in [1.165, 1.54) is 30.6 Å². The van der Waals surface area contributed by atoms with Crippen molar-refractivity contribution in [3.05, 3.63) is 23.9 Å². The zero-order chi connectivity index (χ0) is 9.80. The first-order valence-corrected chi connectivity index (χ1v) is 6.29. The molecule has 14 heavy (non-hydrogen) atoms. The van der Waals surface area contributed by atoms with Crippen LogP contribution >= 0.6 is 15.9 Å². The average molecular weight is 255 g/mol. The minimum Gasteiger partial charge on any atom is -0.356 e. The molecule has 0 amide bonds. The number of piperidine rings is 1. The van der Waals surface area contributed by atoms with Gasteiger partial charge in [-0.2, -0.15) is 0 Å². The van der Waals surface area contributed by atoms with E-state index in [0.717, 1.165) is 18.4 Å². The maximum atomic E-state index is 4.47. The normalized spacial score (nSPS) is 17.1. The quantitative estimate of drug-likeness (QED) is 0.755. The Kier molecular flexibility index (Phi) is 3.40. The minimum absolute atomic E-state index is 0.896. The number of anilines is 1. The number of aromatic nitrogens is 1. The van der Waals surface area contributed by atoms with Crippen molar-refractivity contribution in [1.82, 2.24) is 4.98 Å². The Labute approximate surface area is 93.5 Å². The summed E-state index contributed by atoms with van der Waals surface area (Å²) in [5.74, 6) is 1.17. The molecule has 0 atom stereocenters. The molecule has 0 spiro atoms. The van der Waals surface area contributed by atoms with E-state index in [2.05, 4.69) is 31.9 Å². The number of nitrogens with zero attached hydrogens (tertiary/aromatic N) is 2. The van der Waals surface area contributed by atoms with Crippen molar-refractivity contribution in [3.8, 4) is 0 Å². The molecule has 1 aliphatic rings. The summed E-state index contributed by atoms with van der Waals surface area (Å²) >= 11 is 3.51. The van der Waals surface area contributed by atoms with Crippen LogP contribution in [0.15, 0.2) is 18.3 Å². The predicted molar refractivity (Wildman–Crippen MR) is 62.9 cm³/mol. The van der Waals surface area contributed by atoms with Crippen LogP contribution in [-0.4, -0.2) is 18.1 Å². The fraction of sp³-hybridized carbons (Fsp3) is 0.545. The lowest BCUT2D eigenvalue weighted by molar-refractivity contribution is 0.572. The smallest absolute Gasteiger partial charge is 0.132 e. The van der Waals surface area contributed by atoms with Gasteiger partial charge in [-0.15, -0.1) is 0 Å². The van der Waals surface area contributed by atoms with E-state index in [9.17, 15) is 0 Å². The predicted octanol–water partition coefficient (Wildman–Crippen LogP) is 2.97. The van der Waals surface area contributed by atoms with E-state index >= 15 is 0 Å². The third kappa shape index (κ3) is 2.08. The van der Waals surface area contributed by atoms with Crippen molar-refractivity contribution >= 4 is 21.7 Å². The molecule has 1 saturated heterocycles. The number of halogens is 1. The topological polar surface area (TPSA) is 16.1 Å². The van der Waals surface area contributed by atoms with Crippen LogP contribution in [0.2, 0.25) is 0 Å². The Bertz CT molecular complexity index is 295. The molecule has 2 heterocycles. The Morgan fingerprint density at radius 1 is 1.29 bits per heavy atom. The van der Waals surface area contributed by atoms with Crippen molar-refractivity contribution in [1.29, 1.82) is 0 Å². The molecule has 0 aliphatic carbocycles. The second-order valence-electron chi connectivity index (χ2n) is 3.67. The van der Waals surface area contributed by atoms with Crippen molar-refractivity contribution < 1.29 is 0 Å². The summed E-state index contributed by atoms with van der Waals surface area (Å²) in [4.78, 5) is 6.87. The van der Waals surface area contributed by atoms with Crippen LogP contribution in [0.25, 0.3) is 0 Å². The second-order valence-corrected chi connectivity index (χ2v) is 4.23. The highest BCUT2D eigenvalue weighted by molar-refractivity contribution is 9.08. The first kappa shape index (κ1) is 9.97. The lowest BCUT2D eigenvalue weighted by Crippen LogP contribution is -2.30. The number of hydrogen-bond acceptors (Lipinski definition) is 2. The highest BCUT2D eigenvalue weighted by atomic mass is 79.9. The Morgan fingerprint density at radius 3 is 2.79 bits per heavy atom. The van der Waals surface area contributed by atoms with E-state index in [-0.39, 0.29) is 0 Å². The fourth-order valence-electron chi connectivity index (χ4n) is 1.93. The Hall–Kier alpha value is -0.570. The molecule has 1 aliphatic heterocycles. The summed E-state index contributed by atoms with van der Waals surface area (Å²) in [6.07, 6.45) is 5.86. The molecule has 2 nitrogen and oxygen atoms in total. The molecule has 0 bridgehead atoms. The third-order valence-corrected chi connectivity index (χ3v) is 3.27. The summed E-state index contributed by atoms with van der Waals surface area (Å²) in [6, 6.07) is 4.15. The molecule has 1 aromatic heterocycles. The zero-order valence-electron chi connectivity index (χ0n) is 8.25. The van der Waals surface area contributed by atoms with Crippen LogP contribution in [0.4, 0.5) is 5.82 Å². The SMILES string of the molecule is BrCc1cccnc1N1CCCCC1. The molecule has 3 heteroatoms. The summed E-state index contributed by atoms with van der Waals surface area (Å²) in [7, 11) is 0. The molecule has 0 unspecified atom stereocenters. The maximum absolute atomic E-state index is 4.47. The van der Waals surface area contributed by atoms with E-state index in [4.69, 9.17) is 0 Å². The Balaban J connectivity index is 2.20. The second kappa shape index (κ2) is 4.78. The lowest BCUT2D eigenvalue weighted by Gasteiger charge is -2.29. The highest BCUT2D eigenvalue weighted by Crippen LogP contribution is 2.22. The van der Waals surface area contributed by atoms with Gasteiger partial charge in [0.25, 0.3) is 0 Å². The average Bonchev–Trinajstić information content (AvgIpc) is 2.30. The van der Waals surface area contributed by atoms with Crippen LogP contribution in [0.3, 0.4) is 0 Å². The molecular weight excluding hydrogens is 240 g/mol. The van der Waals surface area contributed by atoms with Gasteiger partial charge in [0, 0.05) is 30.2 Å². The third-order valence-electron chi connectivity index (χ3n) is 2.67. The molecular formula is C11H15BrN2. The van der Waals surface area contributed by atoms with Crippen molar-refractivity contribution in [2.24, 2.45) is 0 Å². The van der Waals surface area contributed by atoms with Gasteiger partial charge >= 0.3 is 0 Å². The largest absolute Gasteiger partial charge is 0.356 e. The van der Waals surface area contributed by atoms with Crippen molar-refractivity contribution in [2.75, 3.05) is 18.0 Å². The van der Waals surface area contributed by atoms with Gasteiger partial charge in [0.05, 0.1) is 0 Å². The summed E-state index contributed by atoms with van der Waals surface area (Å²) in [5.41, 5.74) is 1.30. The van der Waals surface area contributed by atoms with Gasteiger partial charge in [-0.25, -0.2) is 4.98 Å². The van der Waals surface area contributed by atoms with Crippen LogP contribution in [0.5, 0.6) is 0 Å². The number of rotatable bonds is 2. The zero-order valence-corrected chi connectivity index (χ0v) is 9.83. The van der Waals surface area contributed by atoms with Gasteiger partial charge in [-0.1, -0.05) is 22.0 Å². The van der Waals surface area contributed by atoms with Crippen LogP contribution in [-0.2, 0) is 5.33 Å². The van der Waals surface area contributed by atoms with Crippen molar-refractivity contribution in [2.45, 2.75) is 24.6 Å². The summed E-state index contributed by atoms with van der Waals surface area (Å²) in [5, 5.41) is 0.896. The van der Waals surface area contributed by atoms with Gasteiger partial charge in [0.2, 0.25) is 0 Å². The van der Waals surface area contributed by atoms with Gasteiger partial charge in [-0.3, -0.25) is 0 Å². The molecule has 2 rings (SSSR count). The van der Waals surface area contributed by atoms with E-state index in [0.29, 0.717) is 0 Å². The highest BCUT2D eigenvalue weighted by Gasteiger charge is 2.14. The molecule has 1 aromatic rings. The minimum atomic E-state index is 0.896. The summed E-state index contributed by atoms with van der Waals surface area (Å²) in [6.45, 7) is 2.33. The van der Waals surface area contributed by atoms with Gasteiger partial charge in [0.15, 0.2) is 0 Å². The number of alkyl halides is 1. The first-order valence-electron chi connectivity index (χ1n) is 5.16. The molecule has 76 valence electrons. The fourth-order valence-corrected chi connectivity index (χ4v) is 2.36. The summed E-state index contributed by atoms with van der Waals surface area (Å²) < 4.78 is 0. The standard InChI is InChI=1S/C11H15BrN2/c12-9-10-5-4-6-13-11(10)14-7-2-1-3-8-14/h4-6H,1-3,7-9H2. The number of pyridine rings is 1. The van der Waals surface area contributed by atoms with Gasteiger partial charge in [-0.05, 0) is 25.3 Å². The first-order chi connectivity index (χ1) is 6.92. The number of hydrogen-bond donors (Lipinski definition) is 0. The molecule has 0 aromatic carbocycles. The van der Waals surface area contributed by atoms with E-state index < -0.39 is 0 Å². The van der Waals surface area contributed by atoms with Crippen LogP contribution < -0.4 is 4.90 Å². The van der Waals surface area contributed by atoms with E-state index in [1.807, 2.05) is 12.3 Å². The van der Waals surface area contributed by atoms with Gasteiger partial charge < -0.3 is 4.90 Å². The van der Waals surface area contributed by atoms with Gasteiger partial charge in [0.1, 0.15) is 5.82 Å². The molecule has 1 fully saturated rings. The molecule has 0 radical (unpaired) electrons. The molecule has 0 N–H and O–H groups in total. The van der Waals surface area contributed by atoms with Crippen molar-refractivity contribution in [3.63, 3.8) is 0 Å². The molecule has 0 saturated carbocycles. The maximum Gasteiger partial charge on any atom is 0.132 e.